The van der Waals surface area contributed by atoms with Gasteiger partial charge in [0.2, 0.25) is 0 Å². The van der Waals surface area contributed by atoms with E-state index >= 15 is 0 Å². The molecule has 0 radical (unpaired) electrons. The van der Waals surface area contributed by atoms with Gasteiger partial charge in [0.1, 0.15) is 0 Å². The van der Waals surface area contributed by atoms with Gasteiger partial charge in [0.15, 0.2) is 0 Å². The molecule has 0 spiro atoms. The zero-order valence-corrected chi connectivity index (χ0v) is 15.7. The lowest BCUT2D eigenvalue weighted by molar-refractivity contribution is 0.240. The fourth-order valence-corrected chi connectivity index (χ4v) is 5.63. The summed E-state index contributed by atoms with van der Waals surface area (Å²) >= 11 is 6.85. The monoisotopic (exact) mass is 351 g/mol. The zero-order valence-electron chi connectivity index (χ0n) is 15.0. The highest BCUT2D eigenvalue weighted by Crippen LogP contribution is 2.53. The smallest absolute Gasteiger partial charge is 0.0475 e. The van der Waals surface area contributed by atoms with Crippen molar-refractivity contribution in [3.63, 3.8) is 0 Å². The summed E-state index contributed by atoms with van der Waals surface area (Å²) < 4.78 is 0. The molecule has 2 fully saturated rings. The van der Waals surface area contributed by atoms with Crippen LogP contribution in [0.25, 0.3) is 0 Å². The van der Waals surface area contributed by atoms with Crippen LogP contribution in [0.2, 0.25) is 5.02 Å². The van der Waals surface area contributed by atoms with E-state index in [9.17, 15) is 0 Å². The Hall–Kier alpha value is -1.31. The second-order valence-corrected chi connectivity index (χ2v) is 9.05. The van der Waals surface area contributed by atoms with Crippen molar-refractivity contribution < 1.29 is 0 Å². The lowest BCUT2D eigenvalue weighted by atomic mass is 9.67. The Labute approximate surface area is 156 Å². The highest BCUT2D eigenvalue weighted by atomic mass is 35.5. The second kappa shape index (κ2) is 5.86. The molecule has 0 bridgehead atoms. The number of benzene rings is 2. The summed E-state index contributed by atoms with van der Waals surface area (Å²) in [6.45, 7) is 5.93. The highest BCUT2D eigenvalue weighted by molar-refractivity contribution is 6.32. The van der Waals surface area contributed by atoms with Gasteiger partial charge in [-0.15, -0.1) is 0 Å². The molecule has 1 aliphatic heterocycles. The van der Waals surface area contributed by atoms with Crippen molar-refractivity contribution in [2.24, 2.45) is 5.41 Å². The van der Waals surface area contributed by atoms with Gasteiger partial charge in [-0.2, -0.15) is 0 Å². The molecule has 0 amide bonds. The molecule has 2 aromatic carbocycles. The van der Waals surface area contributed by atoms with Crippen LogP contribution in [0.3, 0.4) is 0 Å². The Bertz CT molecular complexity index is 795. The van der Waals surface area contributed by atoms with Crippen molar-refractivity contribution in [3.8, 4) is 0 Å². The third-order valence-corrected chi connectivity index (χ3v) is 7.21. The van der Waals surface area contributed by atoms with Crippen LogP contribution in [0.5, 0.6) is 0 Å². The topological polar surface area (TPSA) is 3.24 Å². The maximum absolute atomic E-state index is 6.85. The summed E-state index contributed by atoms with van der Waals surface area (Å²) in [6, 6.07) is 15.6. The first-order valence-electron chi connectivity index (χ1n) is 9.71. The van der Waals surface area contributed by atoms with Crippen LogP contribution in [0.1, 0.15) is 60.3 Å². The molecule has 2 atom stereocenters. The van der Waals surface area contributed by atoms with Crippen LogP contribution in [0.4, 0.5) is 0 Å². The molecular formula is C23H26ClN. The molecule has 1 saturated heterocycles. The molecule has 1 heterocycles. The number of rotatable bonds is 3. The Morgan fingerprint density at radius 3 is 2.60 bits per heavy atom. The van der Waals surface area contributed by atoms with E-state index in [1.165, 1.54) is 42.5 Å². The van der Waals surface area contributed by atoms with Gasteiger partial charge in [0.05, 0.1) is 0 Å². The van der Waals surface area contributed by atoms with Crippen molar-refractivity contribution in [3.05, 3.63) is 69.7 Å². The number of hydrogen-bond donors (Lipinski definition) is 0. The van der Waals surface area contributed by atoms with E-state index in [4.69, 9.17) is 11.6 Å². The predicted molar refractivity (Wildman–Crippen MR) is 104 cm³/mol. The first-order chi connectivity index (χ1) is 12.1. The van der Waals surface area contributed by atoms with Crippen LogP contribution >= 0.6 is 11.6 Å². The number of halogens is 1. The summed E-state index contributed by atoms with van der Waals surface area (Å²) in [7, 11) is 0. The lowest BCUT2D eigenvalue weighted by Gasteiger charge is -2.37. The number of nitrogens with zero attached hydrogens (tertiary/aromatic N) is 1. The highest BCUT2D eigenvalue weighted by Gasteiger charge is 2.47. The van der Waals surface area contributed by atoms with Crippen LogP contribution in [0, 0.1) is 5.41 Å². The molecule has 1 nitrogen and oxygen atoms in total. The van der Waals surface area contributed by atoms with Crippen molar-refractivity contribution in [2.45, 2.75) is 51.0 Å². The maximum atomic E-state index is 6.85. The molecule has 1 saturated carbocycles. The normalized spacial score (nSPS) is 28.6. The molecule has 2 aromatic rings. The molecule has 2 heteroatoms. The summed E-state index contributed by atoms with van der Waals surface area (Å²) in [5, 5.41) is 1.10. The molecule has 0 aromatic heterocycles. The Kier molecular flexibility index (Phi) is 3.73. The molecule has 2 aliphatic carbocycles. The zero-order chi connectivity index (χ0) is 17.0. The fourth-order valence-electron chi connectivity index (χ4n) is 5.21. The van der Waals surface area contributed by atoms with E-state index in [1.54, 1.807) is 5.56 Å². The van der Waals surface area contributed by atoms with E-state index in [2.05, 4.69) is 54.3 Å². The largest absolute Gasteiger partial charge is 0.298 e. The summed E-state index contributed by atoms with van der Waals surface area (Å²) in [4.78, 5) is 2.65. The molecule has 0 N–H and O–H groups in total. The Morgan fingerprint density at radius 2 is 1.84 bits per heavy atom. The van der Waals surface area contributed by atoms with E-state index in [0.29, 0.717) is 11.3 Å². The third-order valence-electron chi connectivity index (χ3n) is 6.76. The third kappa shape index (κ3) is 2.73. The number of hydrogen-bond acceptors (Lipinski definition) is 1. The first kappa shape index (κ1) is 15.9. The molecule has 130 valence electrons. The lowest BCUT2D eigenvalue weighted by Crippen LogP contribution is -2.31. The van der Waals surface area contributed by atoms with Gasteiger partial charge < -0.3 is 0 Å². The standard InChI is InChI=1S/C23H26ClN/c1-23-12-11-20-19(10-9-18(22(20)24)17-7-8-17)21(23)14-25(15-23)13-16-5-3-2-4-6-16/h2-6,9-10,17,21H,7-8,11-15H2,1H3. The van der Waals surface area contributed by atoms with E-state index in [1.807, 2.05) is 0 Å². The van der Waals surface area contributed by atoms with Gasteiger partial charge in [0.25, 0.3) is 0 Å². The SMILES string of the molecule is CC12CCc3c(ccc(C4CC4)c3Cl)C1CN(Cc1ccccc1)C2. The molecule has 5 rings (SSSR count). The van der Waals surface area contributed by atoms with E-state index in [-0.39, 0.29) is 0 Å². The van der Waals surface area contributed by atoms with Gasteiger partial charge in [-0.05, 0) is 59.3 Å². The Morgan fingerprint density at radius 1 is 1.08 bits per heavy atom. The molecular weight excluding hydrogens is 326 g/mol. The van der Waals surface area contributed by atoms with Crippen LogP contribution in [-0.4, -0.2) is 18.0 Å². The Balaban J connectivity index is 1.44. The molecule has 25 heavy (non-hydrogen) atoms. The quantitative estimate of drug-likeness (QED) is 0.678. The van der Waals surface area contributed by atoms with Gasteiger partial charge >= 0.3 is 0 Å². The average Bonchev–Trinajstić information content (AvgIpc) is 3.38. The second-order valence-electron chi connectivity index (χ2n) is 8.67. The van der Waals surface area contributed by atoms with Crippen LogP contribution in [0.15, 0.2) is 42.5 Å². The van der Waals surface area contributed by atoms with Crippen LogP contribution < -0.4 is 0 Å². The van der Waals surface area contributed by atoms with Crippen molar-refractivity contribution in [1.29, 1.82) is 0 Å². The van der Waals surface area contributed by atoms with Gasteiger partial charge in [-0.3, -0.25) is 4.90 Å². The van der Waals surface area contributed by atoms with Gasteiger partial charge in [-0.1, -0.05) is 61.0 Å². The fraction of sp³-hybridized carbons (Fsp3) is 0.478. The number of likely N-dealkylation sites (tertiary alicyclic amines) is 1. The summed E-state index contributed by atoms with van der Waals surface area (Å²) in [6.07, 6.45) is 5.07. The van der Waals surface area contributed by atoms with Crippen molar-refractivity contribution in [2.75, 3.05) is 13.1 Å². The predicted octanol–water partition coefficient (Wildman–Crippen LogP) is 5.77. The minimum atomic E-state index is 0.395. The molecule has 2 unspecified atom stereocenters. The van der Waals surface area contributed by atoms with Crippen molar-refractivity contribution >= 4 is 11.6 Å². The van der Waals surface area contributed by atoms with E-state index in [0.717, 1.165) is 30.5 Å². The summed E-state index contributed by atoms with van der Waals surface area (Å²) in [5.74, 6) is 1.37. The minimum absolute atomic E-state index is 0.395. The first-order valence-corrected chi connectivity index (χ1v) is 10.1. The van der Waals surface area contributed by atoms with E-state index < -0.39 is 0 Å². The minimum Gasteiger partial charge on any atom is -0.298 e. The summed E-state index contributed by atoms with van der Waals surface area (Å²) in [5.41, 5.74) is 6.25. The van der Waals surface area contributed by atoms with Gasteiger partial charge in [0, 0.05) is 30.6 Å². The maximum Gasteiger partial charge on any atom is 0.0475 e. The van der Waals surface area contributed by atoms with Crippen molar-refractivity contribution in [1.82, 2.24) is 4.90 Å². The molecule has 3 aliphatic rings. The van der Waals surface area contributed by atoms with Gasteiger partial charge in [-0.25, -0.2) is 0 Å². The number of fused-ring (bicyclic) bond motifs is 3. The van der Waals surface area contributed by atoms with Crippen LogP contribution in [-0.2, 0) is 13.0 Å². The average molecular weight is 352 g/mol.